The van der Waals surface area contributed by atoms with Gasteiger partial charge in [0.05, 0.1) is 7.11 Å². The van der Waals surface area contributed by atoms with Gasteiger partial charge in [-0.05, 0) is 23.8 Å². The molecule has 0 bridgehead atoms. The third kappa shape index (κ3) is 2.92. The number of hydrogen-bond donors (Lipinski definition) is 0. The summed E-state index contributed by atoms with van der Waals surface area (Å²) < 4.78 is 11.2. The Morgan fingerprint density at radius 1 is 1.27 bits per heavy atom. The Hall–Kier alpha value is -2.47. The number of rotatable bonds is 4. The summed E-state index contributed by atoms with van der Waals surface area (Å²) >= 11 is 1.37. The van der Waals surface area contributed by atoms with Gasteiger partial charge in [-0.2, -0.15) is 4.73 Å². The molecule has 0 atom stereocenters. The Morgan fingerprint density at radius 2 is 2.14 bits per heavy atom. The first-order valence-electron chi connectivity index (χ1n) is 6.59. The molecule has 0 fully saturated rings. The molecule has 6 heteroatoms. The normalized spacial score (nSPS) is 10.8. The lowest BCUT2D eigenvalue weighted by Crippen LogP contribution is -2.27. The highest BCUT2D eigenvalue weighted by Gasteiger charge is 2.10. The largest absolute Gasteiger partial charge is 0.618 e. The molecule has 0 unspecified atom stereocenters. The van der Waals surface area contributed by atoms with Gasteiger partial charge in [-0.3, -0.25) is 0 Å². The van der Waals surface area contributed by atoms with Gasteiger partial charge < -0.3 is 14.4 Å². The maximum atomic E-state index is 11.7. The second kappa shape index (κ2) is 6.11. The summed E-state index contributed by atoms with van der Waals surface area (Å²) in [5.74, 6) is 1.13. The van der Waals surface area contributed by atoms with Gasteiger partial charge in [0, 0.05) is 35.4 Å². The Bertz CT molecular complexity index is 875. The van der Waals surface area contributed by atoms with Gasteiger partial charge in [0.2, 0.25) is 0 Å². The van der Waals surface area contributed by atoms with Crippen LogP contribution in [0.15, 0.2) is 62.9 Å². The van der Waals surface area contributed by atoms with E-state index in [1.54, 1.807) is 31.4 Å². The molecule has 3 rings (SSSR count). The van der Waals surface area contributed by atoms with Crippen LogP contribution >= 0.6 is 11.8 Å². The summed E-state index contributed by atoms with van der Waals surface area (Å²) in [5, 5.41) is 13.1. The van der Waals surface area contributed by atoms with Gasteiger partial charge in [0.25, 0.3) is 5.03 Å². The van der Waals surface area contributed by atoms with E-state index in [9.17, 15) is 10.0 Å². The van der Waals surface area contributed by atoms with E-state index in [0.717, 1.165) is 15.7 Å². The monoisotopic (exact) mass is 315 g/mol. The first-order valence-corrected chi connectivity index (χ1v) is 7.58. The quantitative estimate of drug-likeness (QED) is 0.320. The second-order valence-corrected chi connectivity index (χ2v) is 5.60. The van der Waals surface area contributed by atoms with Crippen molar-refractivity contribution in [3.8, 4) is 5.75 Å². The number of aromatic nitrogens is 1. The number of benzene rings is 1. The van der Waals surface area contributed by atoms with Gasteiger partial charge in [-0.25, -0.2) is 4.79 Å². The molecular weight excluding hydrogens is 302 g/mol. The zero-order chi connectivity index (χ0) is 15.5. The van der Waals surface area contributed by atoms with Crippen LogP contribution in [-0.4, -0.2) is 7.11 Å². The first-order chi connectivity index (χ1) is 10.7. The third-order valence-electron chi connectivity index (χ3n) is 3.20. The number of methoxy groups -OCH3 is 1. The number of nitrogens with zero attached hydrogens (tertiary/aromatic N) is 1. The maximum absolute atomic E-state index is 11.7. The highest BCUT2D eigenvalue weighted by Crippen LogP contribution is 2.27. The Labute approximate surface area is 130 Å². The van der Waals surface area contributed by atoms with E-state index in [0.29, 0.717) is 22.1 Å². The fraction of sp³-hybridized carbons (Fsp3) is 0.125. The van der Waals surface area contributed by atoms with Gasteiger partial charge >= 0.3 is 5.63 Å². The van der Waals surface area contributed by atoms with Crippen LogP contribution in [-0.2, 0) is 5.75 Å². The van der Waals surface area contributed by atoms with Crippen molar-refractivity contribution in [2.24, 2.45) is 0 Å². The van der Waals surface area contributed by atoms with Crippen LogP contribution in [0.5, 0.6) is 5.75 Å². The van der Waals surface area contributed by atoms with E-state index in [1.807, 2.05) is 12.1 Å². The number of fused-ring (bicyclic) bond motifs is 1. The molecule has 0 aliphatic carbocycles. The van der Waals surface area contributed by atoms with Crippen LogP contribution < -0.4 is 15.1 Å². The van der Waals surface area contributed by atoms with E-state index in [-0.39, 0.29) is 0 Å². The van der Waals surface area contributed by atoms with Crippen molar-refractivity contribution < 1.29 is 13.9 Å². The lowest BCUT2D eigenvalue weighted by molar-refractivity contribution is -0.645. The molecule has 1 aromatic carbocycles. The highest BCUT2D eigenvalue weighted by molar-refractivity contribution is 7.98. The predicted octanol–water partition coefficient (Wildman–Crippen LogP) is 2.73. The summed E-state index contributed by atoms with van der Waals surface area (Å²) in [4.78, 5) is 11.7. The number of ether oxygens (including phenoxy) is 1. The predicted molar refractivity (Wildman–Crippen MR) is 84.0 cm³/mol. The SMILES string of the molecule is COc1ccc2c(CSc3cccc[n+]3[O-])cc(=O)oc2c1. The first kappa shape index (κ1) is 14.5. The Kier molecular flexibility index (Phi) is 4.02. The van der Waals surface area contributed by atoms with Crippen molar-refractivity contribution in [3.05, 3.63) is 69.9 Å². The fourth-order valence-corrected chi connectivity index (χ4v) is 3.04. The number of hydrogen-bond acceptors (Lipinski definition) is 5. The van der Waals surface area contributed by atoms with Gasteiger partial charge in [0.15, 0.2) is 6.20 Å². The lowest BCUT2D eigenvalue weighted by atomic mass is 10.1. The average molecular weight is 315 g/mol. The number of thioether (sulfide) groups is 1. The van der Waals surface area contributed by atoms with Crippen LogP contribution in [0.2, 0.25) is 0 Å². The molecule has 0 radical (unpaired) electrons. The smallest absolute Gasteiger partial charge is 0.336 e. The molecule has 0 spiro atoms. The van der Waals surface area contributed by atoms with E-state index in [1.165, 1.54) is 24.0 Å². The highest BCUT2D eigenvalue weighted by atomic mass is 32.2. The second-order valence-electron chi connectivity index (χ2n) is 4.61. The summed E-state index contributed by atoms with van der Waals surface area (Å²) in [6, 6.07) is 12.0. The zero-order valence-corrected chi connectivity index (χ0v) is 12.6. The maximum Gasteiger partial charge on any atom is 0.336 e. The molecule has 5 nitrogen and oxygen atoms in total. The standard InChI is InChI=1S/C16H13NO4S/c1-20-12-5-6-13-11(8-16(18)21-14(13)9-12)10-22-15-4-2-3-7-17(15)19/h2-9H,10H2,1H3. The Morgan fingerprint density at radius 3 is 2.91 bits per heavy atom. The zero-order valence-electron chi connectivity index (χ0n) is 11.8. The molecule has 0 aliphatic heterocycles. The average Bonchev–Trinajstić information content (AvgIpc) is 2.53. The van der Waals surface area contributed by atoms with Crippen LogP contribution in [0.4, 0.5) is 0 Å². The minimum atomic E-state index is -0.417. The van der Waals surface area contributed by atoms with Crippen molar-refractivity contribution in [2.75, 3.05) is 7.11 Å². The molecule has 2 heterocycles. The van der Waals surface area contributed by atoms with Gasteiger partial charge in [0.1, 0.15) is 11.3 Å². The van der Waals surface area contributed by atoms with E-state index >= 15 is 0 Å². The minimum absolute atomic E-state index is 0.417. The van der Waals surface area contributed by atoms with Crippen LogP contribution in [0.1, 0.15) is 5.56 Å². The summed E-state index contributed by atoms with van der Waals surface area (Å²) in [6.07, 6.45) is 1.45. The van der Waals surface area contributed by atoms with Crippen LogP contribution in [0.25, 0.3) is 11.0 Å². The van der Waals surface area contributed by atoms with E-state index in [4.69, 9.17) is 9.15 Å². The molecule has 0 saturated carbocycles. The van der Waals surface area contributed by atoms with Crippen molar-refractivity contribution >= 4 is 22.7 Å². The molecule has 3 aromatic rings. The van der Waals surface area contributed by atoms with Crippen molar-refractivity contribution in [1.29, 1.82) is 0 Å². The molecule has 0 saturated heterocycles. The minimum Gasteiger partial charge on any atom is -0.618 e. The molecular formula is C16H13NO4S. The molecule has 0 aliphatic rings. The number of pyridine rings is 1. The summed E-state index contributed by atoms with van der Waals surface area (Å²) in [5.41, 5.74) is 0.882. The lowest BCUT2D eigenvalue weighted by Gasteiger charge is -2.07. The van der Waals surface area contributed by atoms with Crippen molar-refractivity contribution in [1.82, 2.24) is 0 Å². The molecule has 0 amide bonds. The molecule has 2 aromatic heterocycles. The van der Waals surface area contributed by atoms with Gasteiger partial charge in [-0.1, -0.05) is 11.8 Å². The van der Waals surface area contributed by atoms with E-state index < -0.39 is 5.63 Å². The topological polar surface area (TPSA) is 66.4 Å². The van der Waals surface area contributed by atoms with Gasteiger partial charge in [-0.15, -0.1) is 0 Å². The van der Waals surface area contributed by atoms with Crippen molar-refractivity contribution in [2.45, 2.75) is 10.8 Å². The third-order valence-corrected chi connectivity index (χ3v) is 4.27. The van der Waals surface area contributed by atoms with Crippen molar-refractivity contribution in [3.63, 3.8) is 0 Å². The molecule has 112 valence electrons. The summed E-state index contributed by atoms with van der Waals surface area (Å²) in [7, 11) is 1.56. The van der Waals surface area contributed by atoms with Crippen LogP contribution in [0, 0.1) is 5.21 Å². The van der Waals surface area contributed by atoms with Crippen LogP contribution in [0.3, 0.4) is 0 Å². The Balaban J connectivity index is 1.96. The summed E-state index contributed by atoms with van der Waals surface area (Å²) in [6.45, 7) is 0. The molecule has 0 N–H and O–H groups in total. The van der Waals surface area contributed by atoms with E-state index in [2.05, 4.69) is 0 Å². The fourth-order valence-electron chi connectivity index (χ4n) is 2.13. The molecule has 22 heavy (non-hydrogen) atoms.